The van der Waals surface area contributed by atoms with Crippen LogP contribution in [0.5, 0.6) is 0 Å². The minimum absolute atomic E-state index is 0.103. The van der Waals surface area contributed by atoms with Gasteiger partial charge in [0, 0.05) is 18.9 Å². The van der Waals surface area contributed by atoms with Crippen LogP contribution in [0.3, 0.4) is 0 Å². The maximum Gasteiger partial charge on any atom is 0.331 e. The third kappa shape index (κ3) is 15.2. The van der Waals surface area contributed by atoms with E-state index in [1.807, 2.05) is 52.0 Å². The largest absolute Gasteiger partial charge is 0.462 e. The minimum Gasteiger partial charge on any atom is -0.462 e. The van der Waals surface area contributed by atoms with Gasteiger partial charge in [0.2, 0.25) is 0 Å². The number of hydrogen-bond acceptors (Lipinski definition) is 6. The average molecular weight is 557 g/mol. The number of rotatable bonds is 11. The van der Waals surface area contributed by atoms with Crippen LogP contribution in [-0.2, 0) is 19.1 Å². The number of cyclic esters (lactones) is 1. The first-order valence-corrected chi connectivity index (χ1v) is 14.7. The Morgan fingerprint density at radius 3 is 2.45 bits per heavy atom. The molecule has 224 valence electrons. The monoisotopic (exact) mass is 556 g/mol. The lowest BCUT2D eigenvalue weighted by Crippen LogP contribution is -2.26. The summed E-state index contributed by atoms with van der Waals surface area (Å²) >= 11 is 0. The average Bonchev–Trinajstić information content (AvgIpc) is 2.87. The molecule has 0 aromatic rings. The summed E-state index contributed by atoms with van der Waals surface area (Å²) < 4.78 is 11.4. The number of ether oxygens (including phenoxy) is 2. The number of hydrogen-bond donors (Lipinski definition) is 2. The smallest absolute Gasteiger partial charge is 0.331 e. The van der Waals surface area contributed by atoms with Crippen molar-refractivity contribution >= 4 is 11.9 Å². The van der Waals surface area contributed by atoms with E-state index < -0.39 is 18.2 Å². The zero-order valence-electron chi connectivity index (χ0n) is 25.6. The summed E-state index contributed by atoms with van der Waals surface area (Å²) in [7, 11) is 0. The molecule has 0 bridgehead atoms. The first-order chi connectivity index (χ1) is 18.9. The molecule has 2 N–H and O–H groups in total. The van der Waals surface area contributed by atoms with Crippen LogP contribution >= 0.6 is 0 Å². The van der Waals surface area contributed by atoms with Crippen LogP contribution in [0.2, 0.25) is 0 Å². The highest BCUT2D eigenvalue weighted by atomic mass is 16.5. The van der Waals surface area contributed by atoms with Gasteiger partial charge in [-0.2, -0.15) is 0 Å². The Kier molecular flexibility index (Phi) is 17.1. The summed E-state index contributed by atoms with van der Waals surface area (Å²) in [6.45, 7) is 13.9. The predicted octanol–water partition coefficient (Wildman–Crippen LogP) is 7.10. The molecule has 6 nitrogen and oxygen atoms in total. The molecule has 0 saturated heterocycles. The van der Waals surface area contributed by atoms with Gasteiger partial charge in [0.05, 0.1) is 12.2 Å². The maximum atomic E-state index is 12.6. The van der Waals surface area contributed by atoms with Crippen molar-refractivity contribution in [3.05, 3.63) is 71.4 Å². The molecule has 6 heteroatoms. The molecule has 1 aliphatic heterocycles. The lowest BCUT2D eigenvalue weighted by atomic mass is 9.94. The second-order valence-corrected chi connectivity index (χ2v) is 11.3. The topological polar surface area (TPSA) is 93.1 Å². The molecule has 0 aromatic carbocycles. The zero-order chi connectivity index (χ0) is 30.1. The van der Waals surface area contributed by atoms with E-state index in [-0.39, 0.29) is 30.0 Å². The van der Waals surface area contributed by atoms with Crippen LogP contribution in [0.4, 0.5) is 0 Å². The van der Waals surface area contributed by atoms with Crippen molar-refractivity contribution < 1.29 is 29.3 Å². The lowest BCUT2D eigenvalue weighted by Gasteiger charge is -2.24. The number of allylic oxidation sites excluding steroid dienone is 9. The van der Waals surface area contributed by atoms with Crippen molar-refractivity contribution in [2.75, 3.05) is 0 Å². The third-order valence-corrected chi connectivity index (χ3v) is 6.91. The molecule has 40 heavy (non-hydrogen) atoms. The summed E-state index contributed by atoms with van der Waals surface area (Å²) in [5.41, 5.74) is 2.77. The van der Waals surface area contributed by atoms with Crippen molar-refractivity contribution in [1.82, 2.24) is 0 Å². The van der Waals surface area contributed by atoms with Gasteiger partial charge in [-0.25, -0.2) is 4.79 Å². The fourth-order valence-corrected chi connectivity index (χ4v) is 4.38. The first-order valence-electron chi connectivity index (χ1n) is 14.7. The van der Waals surface area contributed by atoms with Crippen LogP contribution < -0.4 is 0 Å². The first kappa shape index (κ1) is 35.3. The molecule has 0 unspecified atom stereocenters. The molecule has 1 heterocycles. The molecular weight excluding hydrogens is 504 g/mol. The molecular formula is C34H52O6. The van der Waals surface area contributed by atoms with Gasteiger partial charge in [0.1, 0.15) is 12.2 Å². The number of aliphatic hydroxyl groups excluding tert-OH is 2. The Bertz CT molecular complexity index is 965. The number of aliphatic hydroxyl groups is 2. The molecule has 5 atom stereocenters. The molecule has 1 rings (SSSR count). The SMILES string of the molecule is CCC[C@H](O)[C@@H](O)/C=C(C)/C=C/C=C(C)/C=C(C)/C=C/C(=O)O[C@H]1CCCC(=O)O[C@@H](C(C)C)C/C=C/C[C@@H]1C. The van der Waals surface area contributed by atoms with E-state index in [9.17, 15) is 19.8 Å². The molecule has 0 spiro atoms. The zero-order valence-corrected chi connectivity index (χ0v) is 25.6. The van der Waals surface area contributed by atoms with Crippen molar-refractivity contribution in [3.63, 3.8) is 0 Å². The fourth-order valence-electron chi connectivity index (χ4n) is 4.38. The standard InChI is InChI=1S/C34H52O6/c1-8-13-29(35)30(36)23-26(5)15-11-14-25(4)22-27(6)20-21-34(38)40-32-18-12-19-33(37)39-31(24(2)3)17-10-9-16-28(32)7/h9-11,14-15,20-24,28-32,35-36H,8,12-13,16-19H2,1-7H3/b10-9+,15-11+,21-20+,25-14+,26-23+,27-22+/t28-,29-,30-,31+,32-/m0/s1. The van der Waals surface area contributed by atoms with E-state index in [4.69, 9.17) is 9.47 Å². The Labute approximate surface area is 242 Å². The Morgan fingerprint density at radius 2 is 1.77 bits per heavy atom. The second-order valence-electron chi connectivity index (χ2n) is 11.3. The van der Waals surface area contributed by atoms with Crippen LogP contribution in [0.15, 0.2) is 71.4 Å². The molecule has 0 radical (unpaired) electrons. The number of esters is 2. The summed E-state index contributed by atoms with van der Waals surface area (Å²) in [5.74, 6) is -0.184. The van der Waals surface area contributed by atoms with Gasteiger partial charge in [-0.15, -0.1) is 0 Å². The molecule has 0 fully saturated rings. The predicted molar refractivity (Wildman–Crippen MR) is 162 cm³/mol. The summed E-state index contributed by atoms with van der Waals surface area (Å²) in [6.07, 6.45) is 19.1. The number of carbonyl (C=O) groups excluding carboxylic acids is 2. The van der Waals surface area contributed by atoms with Crippen LogP contribution in [-0.4, -0.2) is 46.6 Å². The highest BCUT2D eigenvalue weighted by molar-refractivity contribution is 5.82. The van der Waals surface area contributed by atoms with Crippen molar-refractivity contribution in [2.24, 2.45) is 11.8 Å². The van der Waals surface area contributed by atoms with Gasteiger partial charge in [-0.3, -0.25) is 4.79 Å². The van der Waals surface area contributed by atoms with E-state index in [0.717, 1.165) is 29.6 Å². The second kappa shape index (κ2) is 19.4. The van der Waals surface area contributed by atoms with Gasteiger partial charge in [0.25, 0.3) is 0 Å². The van der Waals surface area contributed by atoms with E-state index in [0.29, 0.717) is 32.1 Å². The van der Waals surface area contributed by atoms with Gasteiger partial charge in [-0.1, -0.05) is 99.4 Å². The van der Waals surface area contributed by atoms with Gasteiger partial charge in [0.15, 0.2) is 0 Å². The summed E-state index contributed by atoms with van der Waals surface area (Å²) in [6, 6.07) is 0. The molecule has 0 amide bonds. The third-order valence-electron chi connectivity index (χ3n) is 6.91. The van der Waals surface area contributed by atoms with Crippen molar-refractivity contribution in [2.45, 2.75) is 118 Å². The van der Waals surface area contributed by atoms with E-state index in [1.165, 1.54) is 6.08 Å². The summed E-state index contributed by atoms with van der Waals surface area (Å²) in [5, 5.41) is 19.9. The lowest BCUT2D eigenvalue weighted by molar-refractivity contribution is -0.151. The van der Waals surface area contributed by atoms with E-state index in [1.54, 1.807) is 12.2 Å². The number of carbonyl (C=O) groups is 2. The maximum absolute atomic E-state index is 12.6. The quantitative estimate of drug-likeness (QED) is 0.122. The molecule has 1 aliphatic rings. The van der Waals surface area contributed by atoms with E-state index >= 15 is 0 Å². The highest BCUT2D eigenvalue weighted by Crippen LogP contribution is 2.22. The molecule has 0 aromatic heterocycles. The summed E-state index contributed by atoms with van der Waals surface area (Å²) in [4.78, 5) is 24.9. The Morgan fingerprint density at radius 1 is 1.07 bits per heavy atom. The van der Waals surface area contributed by atoms with Crippen molar-refractivity contribution in [3.8, 4) is 0 Å². The minimum atomic E-state index is -0.874. The van der Waals surface area contributed by atoms with Crippen LogP contribution in [0.1, 0.15) is 93.4 Å². The highest BCUT2D eigenvalue weighted by Gasteiger charge is 2.23. The van der Waals surface area contributed by atoms with Crippen LogP contribution in [0, 0.1) is 11.8 Å². The molecule has 0 saturated carbocycles. The Hall–Kier alpha value is -2.70. The fraction of sp³-hybridized carbons (Fsp3) is 0.588. The van der Waals surface area contributed by atoms with Crippen molar-refractivity contribution in [1.29, 1.82) is 0 Å². The van der Waals surface area contributed by atoms with Gasteiger partial charge in [-0.05, 0) is 58.3 Å². The van der Waals surface area contributed by atoms with Gasteiger partial charge >= 0.3 is 11.9 Å². The Balaban J connectivity index is 2.73. The normalized spacial score (nSPS) is 24.9. The van der Waals surface area contributed by atoms with Gasteiger partial charge < -0.3 is 19.7 Å². The molecule has 0 aliphatic carbocycles. The van der Waals surface area contributed by atoms with Crippen LogP contribution in [0.25, 0.3) is 0 Å². The van der Waals surface area contributed by atoms with E-state index in [2.05, 4.69) is 32.9 Å².